The van der Waals surface area contributed by atoms with E-state index in [4.69, 9.17) is 11.6 Å². The molecule has 2 rings (SSSR count). The van der Waals surface area contributed by atoms with E-state index in [2.05, 4.69) is 27.6 Å². The Hall–Kier alpha value is -0.290. The highest BCUT2D eigenvalue weighted by molar-refractivity contribution is 14.1. The van der Waals surface area contributed by atoms with E-state index < -0.39 is 0 Å². The molecule has 4 heteroatoms. The number of imidazole rings is 1. The van der Waals surface area contributed by atoms with Gasteiger partial charge in [0.05, 0.1) is 11.6 Å². The van der Waals surface area contributed by atoms with Crippen LogP contribution in [-0.2, 0) is 5.88 Å². The molecule has 0 N–H and O–H groups in total. The number of alkyl halides is 1. The number of aromatic nitrogens is 2. The van der Waals surface area contributed by atoms with Crippen molar-refractivity contribution in [1.82, 2.24) is 9.38 Å². The molecule has 2 heterocycles. The van der Waals surface area contributed by atoms with Crippen LogP contribution in [0.15, 0.2) is 24.5 Å². The molecule has 0 saturated carbocycles. The van der Waals surface area contributed by atoms with E-state index in [1.165, 1.54) is 3.57 Å². The second-order valence-corrected chi connectivity index (χ2v) is 3.99. The molecule has 0 aliphatic heterocycles. The molecule has 62 valence electrons. The molecule has 0 fully saturated rings. The van der Waals surface area contributed by atoms with Crippen molar-refractivity contribution in [2.45, 2.75) is 5.88 Å². The van der Waals surface area contributed by atoms with E-state index >= 15 is 0 Å². The predicted octanol–water partition coefficient (Wildman–Crippen LogP) is 2.68. The Morgan fingerprint density at radius 3 is 3.00 bits per heavy atom. The van der Waals surface area contributed by atoms with Crippen molar-refractivity contribution in [2.24, 2.45) is 0 Å². The zero-order chi connectivity index (χ0) is 8.55. The molecular weight excluding hydrogens is 286 g/mol. The summed E-state index contributed by atoms with van der Waals surface area (Å²) < 4.78 is 3.18. The Balaban J connectivity index is 2.67. The van der Waals surface area contributed by atoms with Gasteiger partial charge in [0, 0.05) is 16.0 Å². The van der Waals surface area contributed by atoms with Gasteiger partial charge in [-0.2, -0.15) is 0 Å². The second kappa shape index (κ2) is 3.22. The van der Waals surface area contributed by atoms with Gasteiger partial charge < -0.3 is 4.40 Å². The van der Waals surface area contributed by atoms with Crippen molar-refractivity contribution in [3.63, 3.8) is 0 Å². The molecule has 0 spiro atoms. The van der Waals surface area contributed by atoms with Gasteiger partial charge in [0.1, 0.15) is 5.65 Å². The van der Waals surface area contributed by atoms with Gasteiger partial charge in [0.15, 0.2) is 0 Å². The normalized spacial score (nSPS) is 10.8. The largest absolute Gasteiger partial charge is 0.306 e. The number of halogens is 2. The standard InChI is InChI=1S/C8H6ClIN2/c9-3-7-5-12-4-6(10)1-2-8(12)11-7/h1-2,4-5H,3H2. The quantitative estimate of drug-likeness (QED) is 0.583. The molecule has 0 bridgehead atoms. The fourth-order valence-corrected chi connectivity index (χ4v) is 1.69. The molecule has 2 aromatic rings. The first kappa shape index (κ1) is 8.31. The van der Waals surface area contributed by atoms with Crippen molar-refractivity contribution < 1.29 is 0 Å². The molecule has 2 nitrogen and oxygen atoms in total. The molecule has 0 saturated heterocycles. The summed E-state index contributed by atoms with van der Waals surface area (Å²) in [5.74, 6) is 0.470. The van der Waals surface area contributed by atoms with Crippen LogP contribution < -0.4 is 0 Å². The van der Waals surface area contributed by atoms with Crippen LogP contribution in [0.4, 0.5) is 0 Å². The fourth-order valence-electron chi connectivity index (χ4n) is 1.08. The minimum Gasteiger partial charge on any atom is -0.306 e. The summed E-state index contributed by atoms with van der Waals surface area (Å²) in [5, 5.41) is 0. The number of nitrogens with zero attached hydrogens (tertiary/aromatic N) is 2. The maximum absolute atomic E-state index is 5.66. The summed E-state index contributed by atoms with van der Waals surface area (Å²) in [6.07, 6.45) is 3.98. The second-order valence-electron chi connectivity index (χ2n) is 2.48. The summed E-state index contributed by atoms with van der Waals surface area (Å²) in [6, 6.07) is 4.01. The van der Waals surface area contributed by atoms with Crippen LogP contribution in [-0.4, -0.2) is 9.38 Å². The molecular formula is C8H6ClIN2. The fraction of sp³-hybridized carbons (Fsp3) is 0.125. The van der Waals surface area contributed by atoms with Crippen molar-refractivity contribution in [2.75, 3.05) is 0 Å². The number of hydrogen-bond donors (Lipinski definition) is 0. The van der Waals surface area contributed by atoms with Crippen molar-refractivity contribution in [1.29, 1.82) is 0 Å². The third-order valence-corrected chi connectivity index (χ3v) is 2.51. The highest BCUT2D eigenvalue weighted by Gasteiger charge is 1.99. The summed E-state index contributed by atoms with van der Waals surface area (Å²) in [6.45, 7) is 0. The minimum absolute atomic E-state index is 0.470. The maximum atomic E-state index is 5.66. The van der Waals surface area contributed by atoms with Gasteiger partial charge in [0.25, 0.3) is 0 Å². The van der Waals surface area contributed by atoms with Gasteiger partial charge in [-0.15, -0.1) is 11.6 Å². The molecule has 0 amide bonds. The Kier molecular flexibility index (Phi) is 2.23. The highest BCUT2D eigenvalue weighted by atomic mass is 127. The van der Waals surface area contributed by atoms with E-state index in [0.29, 0.717) is 5.88 Å². The third kappa shape index (κ3) is 1.43. The molecule has 2 aromatic heterocycles. The van der Waals surface area contributed by atoms with Crippen LogP contribution >= 0.6 is 34.2 Å². The first-order chi connectivity index (χ1) is 5.79. The van der Waals surface area contributed by atoms with E-state index in [-0.39, 0.29) is 0 Å². The maximum Gasteiger partial charge on any atom is 0.137 e. The Bertz CT molecular complexity index is 410. The smallest absolute Gasteiger partial charge is 0.137 e. The van der Waals surface area contributed by atoms with Crippen LogP contribution in [0.2, 0.25) is 0 Å². The molecule has 0 aliphatic carbocycles. The van der Waals surface area contributed by atoms with Gasteiger partial charge in [-0.3, -0.25) is 0 Å². The molecule has 0 radical (unpaired) electrons. The summed E-state index contributed by atoms with van der Waals surface area (Å²) in [7, 11) is 0. The SMILES string of the molecule is ClCc1cn2cc(I)ccc2n1. The third-order valence-electron chi connectivity index (χ3n) is 1.60. The lowest BCUT2D eigenvalue weighted by Crippen LogP contribution is -1.82. The Morgan fingerprint density at radius 2 is 2.25 bits per heavy atom. The van der Waals surface area contributed by atoms with Gasteiger partial charge in [-0.05, 0) is 34.7 Å². The Labute approximate surface area is 88.7 Å². The van der Waals surface area contributed by atoms with Gasteiger partial charge >= 0.3 is 0 Å². The minimum atomic E-state index is 0.470. The number of hydrogen-bond acceptors (Lipinski definition) is 1. The summed E-state index contributed by atoms with van der Waals surface area (Å²) >= 11 is 7.93. The van der Waals surface area contributed by atoms with Crippen LogP contribution in [0, 0.1) is 3.57 Å². The van der Waals surface area contributed by atoms with Crippen molar-refractivity contribution >= 4 is 39.8 Å². The van der Waals surface area contributed by atoms with Crippen LogP contribution in [0.25, 0.3) is 5.65 Å². The monoisotopic (exact) mass is 292 g/mol. The average Bonchev–Trinajstić information content (AvgIpc) is 2.46. The van der Waals surface area contributed by atoms with E-state index in [1.54, 1.807) is 0 Å². The average molecular weight is 293 g/mol. The first-order valence-corrected chi connectivity index (χ1v) is 5.10. The van der Waals surface area contributed by atoms with Crippen molar-refractivity contribution in [3.05, 3.63) is 33.8 Å². The summed E-state index contributed by atoms with van der Waals surface area (Å²) in [5.41, 5.74) is 1.87. The van der Waals surface area contributed by atoms with Gasteiger partial charge in [-0.25, -0.2) is 4.98 Å². The van der Waals surface area contributed by atoms with Gasteiger partial charge in [0.2, 0.25) is 0 Å². The van der Waals surface area contributed by atoms with Gasteiger partial charge in [-0.1, -0.05) is 0 Å². The molecule has 12 heavy (non-hydrogen) atoms. The summed E-state index contributed by atoms with van der Waals surface area (Å²) in [4.78, 5) is 4.30. The van der Waals surface area contributed by atoms with Crippen LogP contribution in [0.3, 0.4) is 0 Å². The molecule has 0 aromatic carbocycles. The van der Waals surface area contributed by atoms with E-state index in [9.17, 15) is 0 Å². The lowest BCUT2D eigenvalue weighted by atomic mass is 10.5. The molecule has 0 aliphatic rings. The predicted molar refractivity (Wildman–Crippen MR) is 57.5 cm³/mol. The van der Waals surface area contributed by atoms with Crippen LogP contribution in [0.5, 0.6) is 0 Å². The lowest BCUT2D eigenvalue weighted by Gasteiger charge is -1.91. The number of pyridine rings is 1. The van der Waals surface area contributed by atoms with E-state index in [0.717, 1.165) is 11.3 Å². The highest BCUT2D eigenvalue weighted by Crippen LogP contribution is 2.10. The van der Waals surface area contributed by atoms with E-state index in [1.807, 2.05) is 28.9 Å². The first-order valence-electron chi connectivity index (χ1n) is 3.49. The molecule has 0 unspecified atom stereocenters. The molecule has 0 atom stereocenters. The zero-order valence-corrected chi connectivity index (χ0v) is 9.08. The Morgan fingerprint density at radius 1 is 1.42 bits per heavy atom. The zero-order valence-electron chi connectivity index (χ0n) is 6.17. The van der Waals surface area contributed by atoms with Crippen LogP contribution in [0.1, 0.15) is 5.69 Å². The lowest BCUT2D eigenvalue weighted by molar-refractivity contribution is 1.17. The topological polar surface area (TPSA) is 17.3 Å². The van der Waals surface area contributed by atoms with Crippen molar-refractivity contribution in [3.8, 4) is 0 Å². The number of rotatable bonds is 1. The number of fused-ring (bicyclic) bond motifs is 1.